The Morgan fingerprint density at radius 2 is 1.67 bits per heavy atom. The maximum absolute atomic E-state index is 12.5. The number of hydrogen-bond acceptors (Lipinski definition) is 6. The van der Waals surface area contributed by atoms with Crippen molar-refractivity contribution in [2.45, 2.75) is 20.8 Å². The van der Waals surface area contributed by atoms with Crippen molar-refractivity contribution in [2.75, 3.05) is 25.1 Å². The Kier molecular flexibility index (Phi) is 9.71. The molecule has 2 amide bonds. The number of halogens is 1. The fourth-order valence-electron chi connectivity index (χ4n) is 3.20. The fraction of sp³-hybridized carbons (Fsp3) is 0.222. The number of amides is 2. The highest BCUT2D eigenvalue weighted by Gasteiger charge is 2.11. The Labute approximate surface area is 215 Å². The summed E-state index contributed by atoms with van der Waals surface area (Å²) in [5.74, 6) is 0.720. The van der Waals surface area contributed by atoms with Gasteiger partial charge in [-0.2, -0.15) is 5.10 Å². The summed E-state index contributed by atoms with van der Waals surface area (Å²) in [6.07, 6.45) is 1.45. The normalized spacial score (nSPS) is 10.7. The Bertz CT molecular complexity index is 1250. The average Bonchev–Trinajstić information content (AvgIpc) is 2.85. The molecule has 0 aliphatic rings. The standard InChI is InChI=1S/C27H28ClN3O5/c1-4-34-24-12-10-20(15-25(24)35-5-2)27(33)31-29-16-19-9-11-23(22(28)14-19)36-17-26(32)30-21-8-6-7-18(3)13-21/h6-16H,4-5,17H2,1-3H3,(H,30,32)(H,31,33)/b29-16+. The van der Waals surface area contributed by atoms with Gasteiger partial charge < -0.3 is 19.5 Å². The van der Waals surface area contributed by atoms with E-state index in [2.05, 4.69) is 15.8 Å². The van der Waals surface area contributed by atoms with Gasteiger partial charge in [-0.3, -0.25) is 9.59 Å². The largest absolute Gasteiger partial charge is 0.490 e. The molecule has 0 radical (unpaired) electrons. The molecule has 188 valence electrons. The molecule has 0 fully saturated rings. The van der Waals surface area contributed by atoms with Gasteiger partial charge in [0.15, 0.2) is 18.1 Å². The Balaban J connectivity index is 1.55. The molecular weight excluding hydrogens is 482 g/mol. The average molecular weight is 510 g/mol. The maximum Gasteiger partial charge on any atom is 0.271 e. The number of hydrazone groups is 1. The number of rotatable bonds is 11. The van der Waals surface area contributed by atoms with Gasteiger partial charge in [0.05, 0.1) is 24.5 Å². The van der Waals surface area contributed by atoms with E-state index in [1.165, 1.54) is 6.21 Å². The minimum atomic E-state index is -0.402. The van der Waals surface area contributed by atoms with Crippen molar-refractivity contribution in [3.8, 4) is 17.2 Å². The quantitative estimate of drug-likeness (QED) is 0.272. The number of carbonyl (C=O) groups is 2. The van der Waals surface area contributed by atoms with Crippen molar-refractivity contribution >= 4 is 35.3 Å². The molecule has 3 aromatic carbocycles. The van der Waals surface area contributed by atoms with Crippen LogP contribution in [0.3, 0.4) is 0 Å². The summed E-state index contributed by atoms with van der Waals surface area (Å²) in [6.45, 7) is 6.42. The van der Waals surface area contributed by atoms with Crippen LogP contribution in [0.1, 0.15) is 35.3 Å². The van der Waals surface area contributed by atoms with Crippen LogP contribution in [-0.2, 0) is 4.79 Å². The van der Waals surface area contributed by atoms with Crippen molar-refractivity contribution in [1.82, 2.24) is 5.43 Å². The number of carbonyl (C=O) groups excluding carboxylic acids is 2. The van der Waals surface area contributed by atoms with Crippen LogP contribution in [0.2, 0.25) is 5.02 Å². The summed E-state index contributed by atoms with van der Waals surface area (Å²) in [6, 6.07) is 17.4. The van der Waals surface area contributed by atoms with E-state index in [0.29, 0.717) is 52.3 Å². The number of hydrogen-bond donors (Lipinski definition) is 2. The van der Waals surface area contributed by atoms with E-state index < -0.39 is 5.91 Å². The zero-order valence-corrected chi connectivity index (χ0v) is 21.1. The molecule has 3 rings (SSSR count). The monoisotopic (exact) mass is 509 g/mol. The van der Waals surface area contributed by atoms with E-state index in [0.717, 1.165) is 5.56 Å². The molecule has 2 N–H and O–H groups in total. The highest BCUT2D eigenvalue weighted by molar-refractivity contribution is 6.32. The second kappa shape index (κ2) is 13.2. The first kappa shape index (κ1) is 26.6. The molecule has 0 atom stereocenters. The van der Waals surface area contributed by atoms with Crippen molar-refractivity contribution in [3.05, 3.63) is 82.4 Å². The van der Waals surface area contributed by atoms with Crippen LogP contribution in [0.4, 0.5) is 5.69 Å². The Morgan fingerprint density at radius 1 is 0.917 bits per heavy atom. The summed E-state index contributed by atoms with van der Waals surface area (Å²) in [4.78, 5) is 24.6. The summed E-state index contributed by atoms with van der Waals surface area (Å²) < 4.78 is 16.6. The highest BCUT2D eigenvalue weighted by Crippen LogP contribution is 2.28. The molecule has 3 aromatic rings. The van der Waals surface area contributed by atoms with Crippen LogP contribution in [0, 0.1) is 6.92 Å². The predicted octanol–water partition coefficient (Wildman–Crippen LogP) is 5.23. The molecule has 0 saturated heterocycles. The first-order valence-electron chi connectivity index (χ1n) is 11.4. The first-order chi connectivity index (χ1) is 17.4. The molecule has 9 heteroatoms. The molecular formula is C27H28ClN3O5. The molecule has 0 saturated carbocycles. The summed E-state index contributed by atoms with van der Waals surface area (Å²) in [7, 11) is 0. The lowest BCUT2D eigenvalue weighted by atomic mass is 10.2. The highest BCUT2D eigenvalue weighted by atomic mass is 35.5. The number of aryl methyl sites for hydroxylation is 1. The zero-order valence-electron chi connectivity index (χ0n) is 20.3. The molecule has 0 unspecified atom stereocenters. The van der Waals surface area contributed by atoms with Crippen LogP contribution < -0.4 is 25.0 Å². The second-order valence-electron chi connectivity index (χ2n) is 7.62. The lowest BCUT2D eigenvalue weighted by Crippen LogP contribution is -2.20. The lowest BCUT2D eigenvalue weighted by Gasteiger charge is -2.11. The summed E-state index contributed by atoms with van der Waals surface area (Å²) >= 11 is 6.29. The van der Waals surface area contributed by atoms with Crippen molar-refractivity contribution in [3.63, 3.8) is 0 Å². The van der Waals surface area contributed by atoms with Crippen molar-refractivity contribution in [2.24, 2.45) is 5.10 Å². The predicted molar refractivity (Wildman–Crippen MR) is 141 cm³/mol. The van der Waals surface area contributed by atoms with Crippen LogP contribution in [-0.4, -0.2) is 37.8 Å². The molecule has 0 aromatic heterocycles. The van der Waals surface area contributed by atoms with Crippen molar-refractivity contribution < 1.29 is 23.8 Å². The third-order valence-electron chi connectivity index (χ3n) is 4.80. The molecule has 36 heavy (non-hydrogen) atoms. The van der Waals surface area contributed by atoms with E-state index in [1.54, 1.807) is 42.5 Å². The van der Waals surface area contributed by atoms with Gasteiger partial charge >= 0.3 is 0 Å². The molecule has 0 spiro atoms. The van der Waals surface area contributed by atoms with E-state index in [-0.39, 0.29) is 12.5 Å². The number of anilines is 1. The molecule has 0 bridgehead atoms. The van der Waals surface area contributed by atoms with Gasteiger partial charge in [0.25, 0.3) is 11.8 Å². The topological polar surface area (TPSA) is 98.3 Å². The smallest absolute Gasteiger partial charge is 0.271 e. The number of nitrogens with zero attached hydrogens (tertiary/aromatic N) is 1. The number of ether oxygens (including phenoxy) is 3. The van der Waals surface area contributed by atoms with Gasteiger partial charge in [-0.1, -0.05) is 23.7 Å². The number of nitrogens with one attached hydrogen (secondary N) is 2. The van der Waals surface area contributed by atoms with Gasteiger partial charge in [0.1, 0.15) is 5.75 Å². The third kappa shape index (κ3) is 7.74. The molecule has 0 heterocycles. The van der Waals surface area contributed by atoms with Gasteiger partial charge in [-0.05, 0) is 80.4 Å². The van der Waals surface area contributed by atoms with Crippen LogP contribution in [0.25, 0.3) is 0 Å². The van der Waals surface area contributed by atoms with Gasteiger partial charge in [-0.15, -0.1) is 0 Å². The molecule has 0 aliphatic carbocycles. The number of benzene rings is 3. The van der Waals surface area contributed by atoms with E-state index in [1.807, 2.05) is 39.0 Å². The lowest BCUT2D eigenvalue weighted by molar-refractivity contribution is -0.118. The SMILES string of the molecule is CCOc1ccc(C(=O)N/N=C/c2ccc(OCC(=O)Nc3cccc(C)c3)c(Cl)c2)cc1OCC. The van der Waals surface area contributed by atoms with Gasteiger partial charge in [-0.25, -0.2) is 5.43 Å². The summed E-state index contributed by atoms with van der Waals surface area (Å²) in [5.41, 5.74) is 5.23. The van der Waals surface area contributed by atoms with Crippen LogP contribution in [0.5, 0.6) is 17.2 Å². The minimum Gasteiger partial charge on any atom is -0.490 e. The maximum atomic E-state index is 12.5. The Hall–Kier alpha value is -4.04. The van der Waals surface area contributed by atoms with Crippen LogP contribution >= 0.6 is 11.6 Å². The minimum absolute atomic E-state index is 0.191. The van der Waals surface area contributed by atoms with E-state index in [9.17, 15) is 9.59 Å². The molecule has 0 aliphatic heterocycles. The van der Waals surface area contributed by atoms with Gasteiger partial charge in [0, 0.05) is 11.3 Å². The molecule has 8 nitrogen and oxygen atoms in total. The first-order valence-corrected chi connectivity index (χ1v) is 11.8. The van der Waals surface area contributed by atoms with E-state index >= 15 is 0 Å². The van der Waals surface area contributed by atoms with Crippen LogP contribution in [0.15, 0.2) is 65.8 Å². The zero-order chi connectivity index (χ0) is 25.9. The second-order valence-corrected chi connectivity index (χ2v) is 8.03. The summed E-state index contributed by atoms with van der Waals surface area (Å²) in [5, 5.41) is 7.07. The van der Waals surface area contributed by atoms with E-state index in [4.69, 9.17) is 25.8 Å². The Morgan fingerprint density at radius 3 is 2.39 bits per heavy atom. The van der Waals surface area contributed by atoms with Crippen molar-refractivity contribution in [1.29, 1.82) is 0 Å². The van der Waals surface area contributed by atoms with Gasteiger partial charge in [0.2, 0.25) is 0 Å². The third-order valence-corrected chi connectivity index (χ3v) is 5.10. The fourth-order valence-corrected chi connectivity index (χ4v) is 3.44.